The van der Waals surface area contributed by atoms with Gasteiger partial charge in [-0.25, -0.2) is 0 Å². The highest BCUT2D eigenvalue weighted by molar-refractivity contribution is 6.30. The molecule has 0 N–H and O–H groups in total. The van der Waals surface area contributed by atoms with Crippen molar-refractivity contribution in [1.29, 1.82) is 0 Å². The molecule has 0 spiro atoms. The Balaban J connectivity index is 1.58. The van der Waals surface area contributed by atoms with Crippen molar-refractivity contribution in [1.82, 2.24) is 9.80 Å². The van der Waals surface area contributed by atoms with Crippen LogP contribution in [0.2, 0.25) is 5.02 Å². The van der Waals surface area contributed by atoms with E-state index in [0.717, 1.165) is 11.1 Å². The third-order valence-electron chi connectivity index (χ3n) is 5.65. The summed E-state index contributed by atoms with van der Waals surface area (Å²) in [6, 6.07) is 15.5. The smallest absolute Gasteiger partial charge is 0.242 e. The van der Waals surface area contributed by atoms with Crippen LogP contribution in [0.15, 0.2) is 48.5 Å². The Morgan fingerprint density at radius 1 is 1.15 bits per heavy atom. The Morgan fingerprint density at radius 3 is 2.59 bits per heavy atom. The second kappa shape index (κ2) is 6.68. The van der Waals surface area contributed by atoms with E-state index < -0.39 is 0 Å². The lowest BCUT2D eigenvalue weighted by atomic mass is 9.75. The first kappa shape index (κ1) is 18.1. The molecule has 1 atom stereocenters. The van der Waals surface area contributed by atoms with Gasteiger partial charge in [0.05, 0.1) is 19.0 Å². The van der Waals surface area contributed by atoms with E-state index in [2.05, 4.69) is 26.0 Å². The number of hydrogen-bond donors (Lipinski definition) is 0. The summed E-state index contributed by atoms with van der Waals surface area (Å²) in [6.45, 7) is 5.74. The molecule has 0 radical (unpaired) electrons. The highest BCUT2D eigenvalue weighted by Gasteiger charge is 2.43. The number of piperazine rings is 1. The molecule has 0 saturated carbocycles. The molecule has 140 valence electrons. The van der Waals surface area contributed by atoms with Gasteiger partial charge in [-0.3, -0.25) is 9.59 Å². The van der Waals surface area contributed by atoms with E-state index in [1.807, 2.05) is 29.2 Å². The third kappa shape index (κ3) is 3.34. The second-order valence-corrected chi connectivity index (χ2v) is 8.52. The van der Waals surface area contributed by atoms with Gasteiger partial charge >= 0.3 is 0 Å². The molecule has 1 saturated heterocycles. The Bertz CT molecular complexity index is 891. The van der Waals surface area contributed by atoms with Gasteiger partial charge in [-0.15, -0.1) is 0 Å². The maximum Gasteiger partial charge on any atom is 0.242 e. The van der Waals surface area contributed by atoms with Gasteiger partial charge in [-0.2, -0.15) is 0 Å². The fraction of sp³-hybridized carbons (Fsp3) is 0.364. The zero-order valence-corrected chi connectivity index (χ0v) is 16.4. The van der Waals surface area contributed by atoms with E-state index in [1.54, 1.807) is 17.0 Å². The summed E-state index contributed by atoms with van der Waals surface area (Å²) in [6.07, 6.45) is 0.282. The van der Waals surface area contributed by atoms with Gasteiger partial charge in [0, 0.05) is 23.5 Å². The molecule has 0 aromatic heterocycles. The quantitative estimate of drug-likeness (QED) is 0.796. The largest absolute Gasteiger partial charge is 0.331 e. The van der Waals surface area contributed by atoms with Crippen molar-refractivity contribution < 1.29 is 9.59 Å². The molecule has 2 amide bonds. The molecule has 1 unspecified atom stereocenters. The van der Waals surface area contributed by atoms with Crippen LogP contribution < -0.4 is 0 Å². The van der Waals surface area contributed by atoms with E-state index >= 15 is 0 Å². The molecule has 5 heteroatoms. The minimum atomic E-state index is -0.0851. The van der Waals surface area contributed by atoms with Crippen LogP contribution in [0.3, 0.4) is 0 Å². The summed E-state index contributed by atoms with van der Waals surface area (Å²) >= 11 is 5.92. The monoisotopic (exact) mass is 382 g/mol. The molecule has 4 rings (SSSR count). The lowest BCUT2D eigenvalue weighted by molar-refractivity contribution is -0.150. The number of benzene rings is 2. The van der Waals surface area contributed by atoms with Gasteiger partial charge in [0.1, 0.15) is 0 Å². The first-order chi connectivity index (χ1) is 12.8. The van der Waals surface area contributed by atoms with Crippen molar-refractivity contribution in [3.63, 3.8) is 0 Å². The van der Waals surface area contributed by atoms with Crippen LogP contribution in [-0.2, 0) is 21.4 Å². The van der Waals surface area contributed by atoms with Crippen LogP contribution in [0.4, 0.5) is 0 Å². The van der Waals surface area contributed by atoms with Crippen molar-refractivity contribution in [3.05, 3.63) is 70.2 Å². The van der Waals surface area contributed by atoms with Crippen LogP contribution in [0.5, 0.6) is 0 Å². The molecule has 2 heterocycles. The van der Waals surface area contributed by atoms with E-state index in [-0.39, 0.29) is 36.2 Å². The predicted molar refractivity (Wildman–Crippen MR) is 106 cm³/mol. The minimum Gasteiger partial charge on any atom is -0.331 e. The van der Waals surface area contributed by atoms with Crippen molar-refractivity contribution in [2.75, 3.05) is 19.6 Å². The molecule has 1 fully saturated rings. The zero-order chi connectivity index (χ0) is 19.2. The van der Waals surface area contributed by atoms with Crippen LogP contribution in [-0.4, -0.2) is 41.2 Å². The number of hydrogen-bond acceptors (Lipinski definition) is 2. The maximum atomic E-state index is 12.9. The number of halogens is 1. The van der Waals surface area contributed by atoms with Crippen LogP contribution in [0.25, 0.3) is 0 Å². The number of fused-ring (bicyclic) bond motifs is 3. The van der Waals surface area contributed by atoms with Crippen LogP contribution in [0.1, 0.15) is 36.6 Å². The molecular weight excluding hydrogens is 360 g/mol. The molecule has 2 aromatic rings. The van der Waals surface area contributed by atoms with Crippen molar-refractivity contribution in [2.45, 2.75) is 31.7 Å². The van der Waals surface area contributed by atoms with Gasteiger partial charge in [0.15, 0.2) is 0 Å². The Hall–Kier alpha value is -2.33. The fourth-order valence-corrected chi connectivity index (χ4v) is 4.38. The Labute approximate surface area is 164 Å². The average molecular weight is 383 g/mol. The molecule has 0 bridgehead atoms. The van der Waals surface area contributed by atoms with E-state index in [1.165, 1.54) is 5.56 Å². The highest BCUT2D eigenvalue weighted by Crippen LogP contribution is 2.41. The highest BCUT2D eigenvalue weighted by atomic mass is 35.5. The maximum absolute atomic E-state index is 12.9. The van der Waals surface area contributed by atoms with Gasteiger partial charge in [-0.05, 0) is 28.8 Å². The minimum absolute atomic E-state index is 0.0207. The van der Waals surface area contributed by atoms with Crippen LogP contribution in [0, 0.1) is 0 Å². The Morgan fingerprint density at radius 2 is 1.85 bits per heavy atom. The summed E-state index contributed by atoms with van der Waals surface area (Å²) in [7, 11) is 0. The fourth-order valence-electron chi connectivity index (χ4n) is 4.26. The van der Waals surface area contributed by atoms with E-state index in [0.29, 0.717) is 18.1 Å². The standard InChI is InChI=1S/C22H23ClN2O2/c1-22(2)14-25-19(17-5-3-4-6-18(17)22)12-24(13-21(25)27)20(26)11-15-7-9-16(23)10-8-15/h3-10,19H,11-14H2,1-2H3. The normalized spacial score (nSPS) is 20.9. The molecule has 4 nitrogen and oxygen atoms in total. The summed E-state index contributed by atoms with van der Waals surface area (Å²) in [5.41, 5.74) is 3.25. The summed E-state index contributed by atoms with van der Waals surface area (Å²) in [4.78, 5) is 29.3. The second-order valence-electron chi connectivity index (χ2n) is 8.09. The first-order valence-corrected chi connectivity index (χ1v) is 9.64. The summed E-state index contributed by atoms with van der Waals surface area (Å²) < 4.78 is 0. The molecule has 27 heavy (non-hydrogen) atoms. The van der Waals surface area contributed by atoms with Crippen molar-refractivity contribution in [3.8, 4) is 0 Å². The number of nitrogens with zero attached hydrogens (tertiary/aromatic N) is 2. The number of carbonyl (C=O) groups is 2. The summed E-state index contributed by atoms with van der Waals surface area (Å²) in [5.74, 6) is 0.00548. The number of amides is 2. The lowest BCUT2D eigenvalue weighted by Gasteiger charge is -2.49. The van der Waals surface area contributed by atoms with Gasteiger partial charge in [0.2, 0.25) is 11.8 Å². The zero-order valence-electron chi connectivity index (χ0n) is 15.6. The van der Waals surface area contributed by atoms with E-state index in [4.69, 9.17) is 11.6 Å². The van der Waals surface area contributed by atoms with Crippen molar-refractivity contribution >= 4 is 23.4 Å². The van der Waals surface area contributed by atoms with Crippen LogP contribution >= 0.6 is 11.6 Å². The number of carbonyl (C=O) groups excluding carboxylic acids is 2. The molecule has 2 aromatic carbocycles. The topological polar surface area (TPSA) is 40.6 Å². The molecule has 2 aliphatic heterocycles. The molecule has 2 aliphatic rings. The SMILES string of the molecule is CC1(C)CN2C(=O)CN(C(=O)Cc3ccc(Cl)cc3)CC2c2ccccc21. The first-order valence-electron chi connectivity index (χ1n) is 9.26. The predicted octanol–water partition coefficient (Wildman–Crippen LogP) is 3.59. The molecular formula is C22H23ClN2O2. The lowest BCUT2D eigenvalue weighted by Crippen LogP contribution is -2.58. The van der Waals surface area contributed by atoms with Gasteiger partial charge < -0.3 is 9.80 Å². The van der Waals surface area contributed by atoms with Gasteiger partial charge in [0.25, 0.3) is 0 Å². The van der Waals surface area contributed by atoms with Gasteiger partial charge in [-0.1, -0.05) is 61.8 Å². The summed E-state index contributed by atoms with van der Waals surface area (Å²) in [5, 5.41) is 0.649. The Kier molecular flexibility index (Phi) is 4.47. The molecule has 0 aliphatic carbocycles. The average Bonchev–Trinajstić information content (AvgIpc) is 2.64. The van der Waals surface area contributed by atoms with Crippen molar-refractivity contribution in [2.24, 2.45) is 0 Å². The van der Waals surface area contributed by atoms with E-state index in [9.17, 15) is 9.59 Å². The number of rotatable bonds is 2. The third-order valence-corrected chi connectivity index (χ3v) is 5.90.